The minimum atomic E-state index is -0.319. The maximum Gasteiger partial charge on any atom is 0.235 e. The summed E-state index contributed by atoms with van der Waals surface area (Å²) in [6.45, 7) is 9.04. The number of nitrogens with two attached hydrogens (primary N) is 1. The molecule has 1 saturated heterocycles. The first-order chi connectivity index (χ1) is 12.3. The average Bonchev–Trinajstić information content (AvgIpc) is 2.88. The molecule has 0 aliphatic carbocycles. The van der Waals surface area contributed by atoms with E-state index >= 15 is 0 Å². The Morgan fingerprint density at radius 1 is 1.31 bits per heavy atom. The van der Waals surface area contributed by atoms with E-state index in [1.54, 1.807) is 16.2 Å². The number of amides is 2. The van der Waals surface area contributed by atoms with E-state index in [4.69, 9.17) is 5.73 Å². The Bertz CT molecular complexity index is 864. The van der Waals surface area contributed by atoms with Crippen LogP contribution in [0.25, 0.3) is 10.2 Å². The molecule has 6 nitrogen and oxygen atoms in total. The number of carbonyl (C=O) groups excluding carboxylic acids is 2. The van der Waals surface area contributed by atoms with Crippen LogP contribution in [0.5, 0.6) is 0 Å². The van der Waals surface area contributed by atoms with E-state index in [9.17, 15) is 9.59 Å². The number of hydrogen-bond acceptors (Lipinski definition) is 6. The van der Waals surface area contributed by atoms with E-state index in [1.807, 2.05) is 13.8 Å². The first-order valence-corrected chi connectivity index (χ1v) is 10.5. The van der Waals surface area contributed by atoms with Crippen molar-refractivity contribution in [1.29, 1.82) is 0 Å². The Labute approximate surface area is 161 Å². The van der Waals surface area contributed by atoms with Gasteiger partial charge in [0.15, 0.2) is 0 Å². The fraction of sp³-hybridized carbons (Fsp3) is 0.556. The van der Waals surface area contributed by atoms with Crippen LogP contribution in [0.15, 0.2) is 5.03 Å². The van der Waals surface area contributed by atoms with Crippen molar-refractivity contribution >= 4 is 45.1 Å². The monoisotopic (exact) mass is 392 g/mol. The summed E-state index contributed by atoms with van der Waals surface area (Å²) in [4.78, 5) is 37.5. The summed E-state index contributed by atoms with van der Waals surface area (Å²) in [5.41, 5.74) is 6.61. The van der Waals surface area contributed by atoms with Crippen molar-refractivity contribution in [3.63, 3.8) is 0 Å². The molecule has 0 bridgehead atoms. The molecule has 26 heavy (non-hydrogen) atoms. The number of fused-ring (bicyclic) bond motifs is 1. The lowest BCUT2D eigenvalue weighted by Gasteiger charge is -2.32. The highest BCUT2D eigenvalue weighted by atomic mass is 32.2. The molecule has 140 valence electrons. The molecular formula is C18H24N4O2S2. The largest absolute Gasteiger partial charge is 0.369 e. The van der Waals surface area contributed by atoms with Gasteiger partial charge in [0.1, 0.15) is 15.7 Å². The quantitative estimate of drug-likeness (QED) is 0.638. The molecule has 0 spiro atoms. The van der Waals surface area contributed by atoms with Gasteiger partial charge in [-0.1, -0.05) is 11.8 Å². The van der Waals surface area contributed by atoms with Gasteiger partial charge in [0.05, 0.1) is 11.2 Å². The number of nitrogens with zero attached hydrogens (tertiary/aromatic N) is 3. The van der Waals surface area contributed by atoms with Gasteiger partial charge >= 0.3 is 0 Å². The fourth-order valence-electron chi connectivity index (χ4n) is 3.28. The zero-order valence-corrected chi connectivity index (χ0v) is 17.2. The molecule has 0 aromatic carbocycles. The van der Waals surface area contributed by atoms with Gasteiger partial charge in [-0.3, -0.25) is 9.59 Å². The normalized spacial score (nSPS) is 18.9. The van der Waals surface area contributed by atoms with Gasteiger partial charge in [0.25, 0.3) is 0 Å². The van der Waals surface area contributed by atoms with Gasteiger partial charge in [0, 0.05) is 23.4 Å². The summed E-state index contributed by atoms with van der Waals surface area (Å²) in [6.07, 6.45) is 1.58. The van der Waals surface area contributed by atoms with E-state index in [1.165, 1.54) is 22.2 Å². The molecule has 3 rings (SSSR count). The van der Waals surface area contributed by atoms with Crippen LogP contribution in [0.4, 0.5) is 0 Å². The lowest BCUT2D eigenvalue weighted by molar-refractivity contribution is -0.134. The van der Waals surface area contributed by atoms with Crippen LogP contribution >= 0.6 is 23.1 Å². The van der Waals surface area contributed by atoms with Crippen LogP contribution in [0.1, 0.15) is 36.0 Å². The van der Waals surface area contributed by atoms with Crippen molar-refractivity contribution in [3.05, 3.63) is 16.3 Å². The van der Waals surface area contributed by atoms with Crippen LogP contribution < -0.4 is 5.73 Å². The summed E-state index contributed by atoms with van der Waals surface area (Å²) in [7, 11) is 0. The van der Waals surface area contributed by atoms with E-state index in [0.29, 0.717) is 18.9 Å². The number of hydrogen-bond donors (Lipinski definition) is 1. The van der Waals surface area contributed by atoms with E-state index in [-0.39, 0.29) is 23.0 Å². The van der Waals surface area contributed by atoms with E-state index in [0.717, 1.165) is 28.1 Å². The number of carbonyl (C=O) groups is 2. The molecular weight excluding hydrogens is 368 g/mol. The van der Waals surface area contributed by atoms with E-state index < -0.39 is 0 Å². The SMILES string of the molecule is Cc1nc(SC(C)C(=O)N2CCCC(C(N)=O)C2)c2c(C)c(C)sc2n1. The average molecular weight is 393 g/mol. The number of thiophene rings is 1. The second-order valence-corrected chi connectivity index (χ2v) is 9.36. The number of primary amides is 1. The zero-order valence-electron chi connectivity index (χ0n) is 15.5. The van der Waals surface area contributed by atoms with Crippen molar-refractivity contribution in [2.45, 2.75) is 50.8 Å². The van der Waals surface area contributed by atoms with Gasteiger partial charge in [0.2, 0.25) is 11.8 Å². The van der Waals surface area contributed by atoms with Crippen LogP contribution in [0.3, 0.4) is 0 Å². The number of aryl methyl sites for hydroxylation is 3. The maximum absolute atomic E-state index is 12.9. The third-order valence-electron chi connectivity index (χ3n) is 4.88. The first kappa shape index (κ1) is 19.1. The summed E-state index contributed by atoms with van der Waals surface area (Å²) in [5, 5.41) is 1.63. The van der Waals surface area contributed by atoms with Crippen molar-refractivity contribution in [3.8, 4) is 0 Å². The molecule has 1 aliphatic rings. The van der Waals surface area contributed by atoms with Crippen molar-refractivity contribution in [2.24, 2.45) is 11.7 Å². The van der Waals surface area contributed by atoms with Crippen molar-refractivity contribution in [1.82, 2.24) is 14.9 Å². The summed E-state index contributed by atoms with van der Waals surface area (Å²) in [6, 6.07) is 0. The molecule has 0 saturated carbocycles. The Morgan fingerprint density at radius 3 is 2.73 bits per heavy atom. The number of thioether (sulfide) groups is 1. The number of rotatable bonds is 4. The summed E-state index contributed by atoms with van der Waals surface area (Å²) >= 11 is 3.14. The summed E-state index contributed by atoms with van der Waals surface area (Å²) < 4.78 is 0. The van der Waals surface area contributed by atoms with Gasteiger partial charge < -0.3 is 10.6 Å². The molecule has 2 atom stereocenters. The van der Waals surface area contributed by atoms with Crippen LogP contribution in [0.2, 0.25) is 0 Å². The fourth-order valence-corrected chi connectivity index (χ4v) is 5.56. The van der Waals surface area contributed by atoms with Gasteiger partial charge in [-0.15, -0.1) is 11.3 Å². The minimum Gasteiger partial charge on any atom is -0.369 e. The highest BCUT2D eigenvalue weighted by molar-refractivity contribution is 8.00. The second kappa shape index (κ2) is 7.52. The second-order valence-electron chi connectivity index (χ2n) is 6.83. The molecule has 2 aromatic heterocycles. The topological polar surface area (TPSA) is 89.2 Å². The highest BCUT2D eigenvalue weighted by Gasteiger charge is 2.30. The molecule has 2 unspecified atom stereocenters. The first-order valence-electron chi connectivity index (χ1n) is 8.77. The third-order valence-corrected chi connectivity index (χ3v) is 7.05. The molecule has 8 heteroatoms. The third kappa shape index (κ3) is 3.71. The van der Waals surface area contributed by atoms with Crippen molar-refractivity contribution in [2.75, 3.05) is 13.1 Å². The van der Waals surface area contributed by atoms with Crippen molar-refractivity contribution < 1.29 is 9.59 Å². The maximum atomic E-state index is 12.9. The number of piperidine rings is 1. The summed E-state index contributed by atoms with van der Waals surface area (Å²) in [5.74, 6) is 0.197. The minimum absolute atomic E-state index is 0.0370. The predicted octanol–water partition coefficient (Wildman–Crippen LogP) is 2.82. The zero-order chi connectivity index (χ0) is 19.0. The highest BCUT2D eigenvalue weighted by Crippen LogP contribution is 2.37. The molecule has 2 amide bonds. The molecule has 3 heterocycles. The lowest BCUT2D eigenvalue weighted by atomic mass is 9.97. The molecule has 1 fully saturated rings. The van der Waals surface area contributed by atoms with Crippen LogP contribution in [-0.2, 0) is 9.59 Å². The Morgan fingerprint density at radius 2 is 2.04 bits per heavy atom. The number of likely N-dealkylation sites (tertiary alicyclic amines) is 1. The van der Waals surface area contributed by atoms with Crippen LogP contribution in [0, 0.1) is 26.7 Å². The smallest absolute Gasteiger partial charge is 0.235 e. The molecule has 2 aromatic rings. The standard InChI is InChI=1S/C18H24N4O2S2/c1-9-10(2)25-16-14(9)17(21-12(4)20-16)26-11(3)18(24)22-7-5-6-13(8-22)15(19)23/h11,13H,5-8H2,1-4H3,(H2,19,23). The predicted molar refractivity (Wildman–Crippen MR) is 105 cm³/mol. The molecule has 1 aliphatic heterocycles. The molecule has 2 N–H and O–H groups in total. The Kier molecular flexibility index (Phi) is 5.53. The lowest BCUT2D eigenvalue weighted by Crippen LogP contribution is -2.46. The van der Waals surface area contributed by atoms with Gasteiger partial charge in [-0.2, -0.15) is 0 Å². The Hall–Kier alpha value is -1.67. The molecule has 0 radical (unpaired) electrons. The number of aromatic nitrogens is 2. The Balaban J connectivity index is 1.81. The van der Waals surface area contributed by atoms with Gasteiger partial charge in [-0.05, 0) is 46.1 Å². The van der Waals surface area contributed by atoms with Gasteiger partial charge in [-0.25, -0.2) is 9.97 Å². The van der Waals surface area contributed by atoms with Crippen LogP contribution in [-0.4, -0.2) is 45.0 Å². The van der Waals surface area contributed by atoms with E-state index in [2.05, 4.69) is 23.8 Å².